The molecule has 0 aliphatic heterocycles. The summed E-state index contributed by atoms with van der Waals surface area (Å²) in [6.45, 7) is 4.61. The SMILES string of the molecule is CC(C)n1ccnc(NCCc2nccs2)c1=O. The lowest BCUT2D eigenvalue weighted by atomic mass is 10.4. The molecule has 2 aromatic rings. The van der Waals surface area contributed by atoms with Crippen molar-refractivity contribution >= 4 is 17.2 Å². The fourth-order valence-corrected chi connectivity index (χ4v) is 2.24. The molecule has 2 heterocycles. The fraction of sp³-hybridized carbons (Fsp3) is 0.417. The maximum atomic E-state index is 12.0. The summed E-state index contributed by atoms with van der Waals surface area (Å²) in [5.41, 5.74) is -0.0772. The van der Waals surface area contributed by atoms with Crippen LogP contribution in [0, 0.1) is 0 Å². The topological polar surface area (TPSA) is 59.8 Å². The largest absolute Gasteiger partial charge is 0.365 e. The molecule has 0 atom stereocenters. The first-order valence-electron chi connectivity index (χ1n) is 5.88. The standard InChI is InChI=1S/C12H16N4OS/c1-9(2)16-7-5-15-11(12(16)17)14-4-3-10-13-6-8-18-10/h5-9H,3-4H2,1-2H3,(H,14,15). The van der Waals surface area contributed by atoms with Gasteiger partial charge in [-0.3, -0.25) is 4.79 Å². The van der Waals surface area contributed by atoms with Gasteiger partial charge in [0.25, 0.3) is 5.56 Å². The van der Waals surface area contributed by atoms with Gasteiger partial charge in [0, 0.05) is 43.0 Å². The summed E-state index contributed by atoms with van der Waals surface area (Å²) in [6.07, 6.45) is 5.94. The first-order chi connectivity index (χ1) is 8.68. The predicted octanol–water partition coefficient (Wildman–Crippen LogP) is 1.94. The molecule has 0 bridgehead atoms. The molecule has 0 fully saturated rings. The number of hydrogen-bond acceptors (Lipinski definition) is 5. The summed E-state index contributed by atoms with van der Waals surface area (Å²) >= 11 is 1.62. The molecule has 1 N–H and O–H groups in total. The predicted molar refractivity (Wildman–Crippen MR) is 73.2 cm³/mol. The van der Waals surface area contributed by atoms with Crippen LogP contribution in [0.2, 0.25) is 0 Å². The van der Waals surface area contributed by atoms with Crippen LogP contribution in [0.15, 0.2) is 28.8 Å². The van der Waals surface area contributed by atoms with Gasteiger partial charge in [0.2, 0.25) is 0 Å². The Morgan fingerprint density at radius 1 is 1.39 bits per heavy atom. The van der Waals surface area contributed by atoms with Crippen molar-refractivity contribution in [2.75, 3.05) is 11.9 Å². The van der Waals surface area contributed by atoms with Crippen LogP contribution >= 0.6 is 11.3 Å². The van der Waals surface area contributed by atoms with Crippen LogP contribution < -0.4 is 10.9 Å². The second-order valence-electron chi connectivity index (χ2n) is 4.18. The molecule has 0 aliphatic carbocycles. The zero-order chi connectivity index (χ0) is 13.0. The quantitative estimate of drug-likeness (QED) is 0.896. The summed E-state index contributed by atoms with van der Waals surface area (Å²) in [4.78, 5) is 20.3. The third kappa shape index (κ3) is 2.95. The lowest BCUT2D eigenvalue weighted by Gasteiger charge is -2.11. The highest BCUT2D eigenvalue weighted by molar-refractivity contribution is 7.09. The van der Waals surface area contributed by atoms with Gasteiger partial charge in [0.15, 0.2) is 5.82 Å². The number of hydrogen-bond donors (Lipinski definition) is 1. The fourth-order valence-electron chi connectivity index (χ4n) is 1.62. The summed E-state index contributed by atoms with van der Waals surface area (Å²) in [5, 5.41) is 6.07. The molecule has 96 valence electrons. The van der Waals surface area contributed by atoms with E-state index in [1.807, 2.05) is 19.2 Å². The number of thiazole rings is 1. The van der Waals surface area contributed by atoms with E-state index in [2.05, 4.69) is 15.3 Å². The van der Waals surface area contributed by atoms with Crippen molar-refractivity contribution in [3.8, 4) is 0 Å². The van der Waals surface area contributed by atoms with Gasteiger partial charge in [-0.05, 0) is 13.8 Å². The van der Waals surface area contributed by atoms with Crippen LogP contribution in [-0.2, 0) is 6.42 Å². The number of nitrogens with zero attached hydrogens (tertiary/aromatic N) is 3. The Morgan fingerprint density at radius 2 is 2.22 bits per heavy atom. The zero-order valence-electron chi connectivity index (χ0n) is 10.5. The maximum absolute atomic E-state index is 12.0. The van der Waals surface area contributed by atoms with E-state index >= 15 is 0 Å². The molecule has 0 aliphatic rings. The molecule has 6 heteroatoms. The third-order valence-electron chi connectivity index (χ3n) is 2.54. The molecular weight excluding hydrogens is 248 g/mol. The van der Waals surface area contributed by atoms with Crippen LogP contribution in [-0.4, -0.2) is 21.1 Å². The van der Waals surface area contributed by atoms with Crippen LogP contribution in [0.5, 0.6) is 0 Å². The van der Waals surface area contributed by atoms with E-state index in [0.29, 0.717) is 12.4 Å². The Balaban J connectivity index is 2.01. The average molecular weight is 264 g/mol. The summed E-state index contributed by atoms with van der Waals surface area (Å²) in [5.74, 6) is 0.405. The molecule has 2 rings (SSSR count). The molecule has 0 unspecified atom stereocenters. The van der Waals surface area contributed by atoms with E-state index in [9.17, 15) is 4.79 Å². The van der Waals surface area contributed by atoms with Gasteiger partial charge in [0.1, 0.15) is 0 Å². The summed E-state index contributed by atoms with van der Waals surface area (Å²) in [7, 11) is 0. The van der Waals surface area contributed by atoms with E-state index < -0.39 is 0 Å². The van der Waals surface area contributed by atoms with Crippen LogP contribution in [0.4, 0.5) is 5.82 Å². The Hall–Kier alpha value is -1.69. The van der Waals surface area contributed by atoms with Gasteiger partial charge in [-0.15, -0.1) is 11.3 Å². The first kappa shape index (κ1) is 12.8. The zero-order valence-corrected chi connectivity index (χ0v) is 11.3. The highest BCUT2D eigenvalue weighted by Gasteiger charge is 2.06. The smallest absolute Gasteiger partial charge is 0.293 e. The van der Waals surface area contributed by atoms with E-state index in [0.717, 1.165) is 11.4 Å². The minimum absolute atomic E-state index is 0.0772. The summed E-state index contributed by atoms with van der Waals surface area (Å²) < 4.78 is 1.67. The lowest BCUT2D eigenvalue weighted by molar-refractivity contribution is 0.575. The molecule has 18 heavy (non-hydrogen) atoms. The molecule has 0 spiro atoms. The molecule has 0 amide bonds. The highest BCUT2D eigenvalue weighted by atomic mass is 32.1. The second kappa shape index (κ2) is 5.77. The Labute approximate surface area is 110 Å². The van der Waals surface area contributed by atoms with Crippen molar-refractivity contribution in [1.82, 2.24) is 14.5 Å². The van der Waals surface area contributed by atoms with Crippen molar-refractivity contribution in [2.45, 2.75) is 26.3 Å². The average Bonchev–Trinajstić information content (AvgIpc) is 2.84. The Morgan fingerprint density at radius 3 is 2.89 bits per heavy atom. The van der Waals surface area contributed by atoms with Gasteiger partial charge in [-0.1, -0.05) is 0 Å². The maximum Gasteiger partial charge on any atom is 0.293 e. The van der Waals surface area contributed by atoms with E-state index in [4.69, 9.17) is 0 Å². The normalized spacial score (nSPS) is 10.8. The van der Waals surface area contributed by atoms with Crippen molar-refractivity contribution in [2.24, 2.45) is 0 Å². The number of anilines is 1. The van der Waals surface area contributed by atoms with Gasteiger partial charge in [0.05, 0.1) is 5.01 Å². The Kier molecular flexibility index (Phi) is 4.09. The van der Waals surface area contributed by atoms with E-state index in [1.165, 1.54) is 0 Å². The molecule has 0 radical (unpaired) electrons. The van der Waals surface area contributed by atoms with Crippen molar-refractivity contribution in [3.63, 3.8) is 0 Å². The summed E-state index contributed by atoms with van der Waals surface area (Å²) in [6, 6.07) is 0.139. The molecule has 0 saturated carbocycles. The first-order valence-corrected chi connectivity index (χ1v) is 6.76. The van der Waals surface area contributed by atoms with Crippen LogP contribution in [0.3, 0.4) is 0 Å². The van der Waals surface area contributed by atoms with Gasteiger partial charge >= 0.3 is 0 Å². The van der Waals surface area contributed by atoms with E-state index in [-0.39, 0.29) is 11.6 Å². The number of rotatable bonds is 5. The van der Waals surface area contributed by atoms with Gasteiger partial charge in [-0.2, -0.15) is 0 Å². The molecule has 0 aromatic carbocycles. The van der Waals surface area contributed by atoms with E-state index in [1.54, 1.807) is 34.5 Å². The van der Waals surface area contributed by atoms with Crippen LogP contribution in [0.25, 0.3) is 0 Å². The Bertz CT molecular complexity index is 547. The van der Waals surface area contributed by atoms with Gasteiger partial charge in [-0.25, -0.2) is 9.97 Å². The minimum Gasteiger partial charge on any atom is -0.365 e. The van der Waals surface area contributed by atoms with Crippen molar-refractivity contribution in [3.05, 3.63) is 39.3 Å². The molecule has 5 nitrogen and oxygen atoms in total. The van der Waals surface area contributed by atoms with Crippen molar-refractivity contribution < 1.29 is 0 Å². The number of nitrogens with one attached hydrogen (secondary N) is 1. The molecule has 0 saturated heterocycles. The monoisotopic (exact) mass is 264 g/mol. The third-order valence-corrected chi connectivity index (χ3v) is 3.38. The molecule has 2 aromatic heterocycles. The van der Waals surface area contributed by atoms with Gasteiger partial charge < -0.3 is 9.88 Å². The number of aromatic nitrogens is 3. The second-order valence-corrected chi connectivity index (χ2v) is 5.16. The lowest BCUT2D eigenvalue weighted by Crippen LogP contribution is -2.26. The van der Waals surface area contributed by atoms with Crippen LogP contribution in [0.1, 0.15) is 24.9 Å². The van der Waals surface area contributed by atoms with Crippen molar-refractivity contribution in [1.29, 1.82) is 0 Å². The molecular formula is C12H16N4OS. The highest BCUT2D eigenvalue weighted by Crippen LogP contribution is 2.05. The minimum atomic E-state index is -0.0772.